The van der Waals surface area contributed by atoms with Crippen LogP contribution in [0.2, 0.25) is 5.02 Å². The van der Waals surface area contributed by atoms with Gasteiger partial charge in [-0.15, -0.1) is 0 Å². The SMILES string of the molecule is COC/C=C/[C@H]1CC[C@H](c2ccc(-c3ccc(Cl)c(F)c3)cc2)CC1. The first-order valence-corrected chi connectivity index (χ1v) is 9.26. The Balaban J connectivity index is 1.62. The van der Waals surface area contributed by atoms with Crippen LogP contribution in [0.3, 0.4) is 0 Å². The maximum Gasteiger partial charge on any atom is 0.142 e. The average Bonchev–Trinajstić information content (AvgIpc) is 2.65. The molecule has 1 aliphatic rings. The predicted molar refractivity (Wildman–Crippen MR) is 103 cm³/mol. The second-order valence-corrected chi connectivity index (χ2v) is 7.15. The second kappa shape index (κ2) is 8.64. The summed E-state index contributed by atoms with van der Waals surface area (Å²) in [5, 5.41) is 0.164. The number of hydrogen-bond acceptors (Lipinski definition) is 1. The van der Waals surface area contributed by atoms with E-state index in [0.717, 1.165) is 11.1 Å². The standard InChI is InChI=1S/C22H24ClFO/c1-25-14-2-3-16-4-6-17(7-5-16)18-8-10-19(11-9-18)20-12-13-21(23)22(24)15-20/h2-3,8-13,15-17H,4-7,14H2,1H3/b3-2+/t16-,17-. The van der Waals surface area contributed by atoms with E-state index in [2.05, 4.69) is 36.4 Å². The molecule has 0 aliphatic heterocycles. The minimum atomic E-state index is -0.372. The Kier molecular flexibility index (Phi) is 6.28. The monoisotopic (exact) mass is 358 g/mol. The van der Waals surface area contributed by atoms with Gasteiger partial charge >= 0.3 is 0 Å². The van der Waals surface area contributed by atoms with E-state index in [-0.39, 0.29) is 10.8 Å². The van der Waals surface area contributed by atoms with Crippen molar-refractivity contribution >= 4 is 11.6 Å². The number of allylic oxidation sites excluding steroid dienone is 1. The summed E-state index contributed by atoms with van der Waals surface area (Å²) in [7, 11) is 1.73. The molecule has 2 aromatic carbocycles. The number of ether oxygens (including phenoxy) is 1. The summed E-state index contributed by atoms with van der Waals surface area (Å²) in [5.41, 5.74) is 3.27. The van der Waals surface area contributed by atoms with Crippen molar-refractivity contribution in [3.63, 3.8) is 0 Å². The first-order chi connectivity index (χ1) is 12.2. The van der Waals surface area contributed by atoms with E-state index < -0.39 is 0 Å². The lowest BCUT2D eigenvalue weighted by Crippen LogP contribution is -2.11. The molecule has 0 amide bonds. The summed E-state index contributed by atoms with van der Waals surface area (Å²) >= 11 is 5.76. The normalized spacial score (nSPS) is 20.9. The van der Waals surface area contributed by atoms with E-state index in [1.807, 2.05) is 6.07 Å². The van der Waals surface area contributed by atoms with Gasteiger partial charge in [0.05, 0.1) is 11.6 Å². The van der Waals surface area contributed by atoms with Crippen LogP contribution in [0, 0.1) is 11.7 Å². The van der Waals surface area contributed by atoms with Crippen LogP contribution in [0.1, 0.15) is 37.2 Å². The van der Waals surface area contributed by atoms with Gasteiger partial charge in [-0.05, 0) is 66.3 Å². The maximum atomic E-state index is 13.6. The lowest BCUT2D eigenvalue weighted by Gasteiger charge is -2.27. The van der Waals surface area contributed by atoms with Gasteiger partial charge in [0.2, 0.25) is 0 Å². The summed E-state index contributed by atoms with van der Waals surface area (Å²) < 4.78 is 18.7. The van der Waals surface area contributed by atoms with Crippen LogP contribution in [0.5, 0.6) is 0 Å². The van der Waals surface area contributed by atoms with Crippen LogP contribution in [0.25, 0.3) is 11.1 Å². The Bertz CT molecular complexity index is 715. The molecule has 0 heterocycles. The fourth-order valence-electron chi connectivity index (χ4n) is 3.61. The van der Waals surface area contributed by atoms with Gasteiger partial charge in [-0.3, -0.25) is 0 Å². The number of benzene rings is 2. The van der Waals surface area contributed by atoms with Crippen LogP contribution in [-0.2, 0) is 4.74 Å². The van der Waals surface area contributed by atoms with Crippen molar-refractivity contribution in [2.45, 2.75) is 31.6 Å². The zero-order chi connectivity index (χ0) is 17.6. The molecule has 0 N–H and O–H groups in total. The lowest BCUT2D eigenvalue weighted by atomic mass is 9.78. The van der Waals surface area contributed by atoms with Gasteiger partial charge in [-0.25, -0.2) is 4.39 Å². The van der Waals surface area contributed by atoms with Crippen LogP contribution >= 0.6 is 11.6 Å². The zero-order valence-corrected chi connectivity index (χ0v) is 15.3. The molecule has 25 heavy (non-hydrogen) atoms. The fraction of sp³-hybridized carbons (Fsp3) is 0.364. The lowest BCUT2D eigenvalue weighted by molar-refractivity contribution is 0.233. The van der Waals surface area contributed by atoms with Crippen molar-refractivity contribution < 1.29 is 9.13 Å². The largest absolute Gasteiger partial charge is 0.381 e. The Hall–Kier alpha value is -1.64. The Morgan fingerprint density at radius 2 is 1.72 bits per heavy atom. The topological polar surface area (TPSA) is 9.23 Å². The van der Waals surface area contributed by atoms with Gasteiger partial charge in [-0.1, -0.05) is 54.1 Å². The van der Waals surface area contributed by atoms with Gasteiger partial charge in [0.25, 0.3) is 0 Å². The fourth-order valence-corrected chi connectivity index (χ4v) is 3.73. The molecule has 1 fully saturated rings. The van der Waals surface area contributed by atoms with Crippen LogP contribution < -0.4 is 0 Å². The van der Waals surface area contributed by atoms with E-state index in [9.17, 15) is 4.39 Å². The smallest absolute Gasteiger partial charge is 0.142 e. The highest BCUT2D eigenvalue weighted by atomic mass is 35.5. The number of rotatable bonds is 5. The minimum absolute atomic E-state index is 0.164. The molecule has 0 saturated heterocycles. The van der Waals surface area contributed by atoms with Gasteiger partial charge in [0.15, 0.2) is 0 Å². The van der Waals surface area contributed by atoms with Crippen molar-refractivity contribution in [3.05, 3.63) is 71.0 Å². The summed E-state index contributed by atoms with van der Waals surface area (Å²) in [6.07, 6.45) is 9.33. The molecule has 1 nitrogen and oxygen atoms in total. The molecule has 3 heteroatoms. The van der Waals surface area contributed by atoms with Crippen molar-refractivity contribution in [3.8, 4) is 11.1 Å². The minimum Gasteiger partial charge on any atom is -0.381 e. The third-order valence-corrected chi connectivity index (χ3v) is 5.38. The first-order valence-electron chi connectivity index (χ1n) is 8.88. The summed E-state index contributed by atoms with van der Waals surface area (Å²) in [6.45, 7) is 0.701. The predicted octanol–water partition coefficient (Wildman–Crippen LogP) is 6.62. The number of halogens is 2. The van der Waals surface area contributed by atoms with Crippen LogP contribution in [0.4, 0.5) is 4.39 Å². The molecule has 132 valence electrons. The molecule has 0 unspecified atom stereocenters. The molecular formula is C22H24ClFO. The highest BCUT2D eigenvalue weighted by Gasteiger charge is 2.20. The maximum absolute atomic E-state index is 13.6. The summed E-state index contributed by atoms with van der Waals surface area (Å²) in [4.78, 5) is 0. The number of hydrogen-bond donors (Lipinski definition) is 0. The Labute approximate surface area is 154 Å². The molecule has 1 saturated carbocycles. The van der Waals surface area contributed by atoms with Crippen LogP contribution in [-0.4, -0.2) is 13.7 Å². The molecule has 0 bridgehead atoms. The molecule has 3 rings (SSSR count). The summed E-state index contributed by atoms with van der Waals surface area (Å²) in [5.74, 6) is 0.939. The van der Waals surface area contributed by atoms with Gasteiger partial charge < -0.3 is 4.74 Å². The van der Waals surface area contributed by atoms with Gasteiger partial charge in [0, 0.05) is 7.11 Å². The van der Waals surface area contributed by atoms with E-state index >= 15 is 0 Å². The molecule has 0 radical (unpaired) electrons. The molecule has 2 aromatic rings. The Morgan fingerprint density at radius 1 is 1.04 bits per heavy atom. The molecular weight excluding hydrogens is 335 g/mol. The number of methoxy groups -OCH3 is 1. The molecule has 1 aliphatic carbocycles. The summed E-state index contributed by atoms with van der Waals surface area (Å²) in [6, 6.07) is 13.5. The molecule has 0 spiro atoms. The zero-order valence-electron chi connectivity index (χ0n) is 14.6. The highest BCUT2D eigenvalue weighted by molar-refractivity contribution is 6.30. The van der Waals surface area contributed by atoms with Crippen molar-refractivity contribution in [2.24, 2.45) is 5.92 Å². The van der Waals surface area contributed by atoms with Crippen molar-refractivity contribution in [1.82, 2.24) is 0 Å². The highest BCUT2D eigenvalue weighted by Crippen LogP contribution is 2.37. The van der Waals surface area contributed by atoms with Gasteiger partial charge in [0.1, 0.15) is 5.82 Å². The van der Waals surface area contributed by atoms with E-state index in [4.69, 9.17) is 16.3 Å². The Morgan fingerprint density at radius 3 is 2.36 bits per heavy atom. The third-order valence-electron chi connectivity index (χ3n) is 5.08. The molecule has 0 aromatic heterocycles. The van der Waals surface area contributed by atoms with Crippen LogP contribution in [0.15, 0.2) is 54.6 Å². The second-order valence-electron chi connectivity index (χ2n) is 6.75. The van der Waals surface area contributed by atoms with E-state index in [0.29, 0.717) is 18.4 Å². The van der Waals surface area contributed by atoms with Crippen molar-refractivity contribution in [1.29, 1.82) is 0 Å². The third kappa shape index (κ3) is 4.71. The quantitative estimate of drug-likeness (QED) is 0.545. The van der Waals surface area contributed by atoms with Crippen molar-refractivity contribution in [2.75, 3.05) is 13.7 Å². The van der Waals surface area contributed by atoms with E-state index in [1.54, 1.807) is 13.2 Å². The van der Waals surface area contributed by atoms with E-state index in [1.165, 1.54) is 37.3 Å². The van der Waals surface area contributed by atoms with Gasteiger partial charge in [-0.2, -0.15) is 0 Å². The first kappa shape index (κ1) is 18.2. The molecule has 0 atom stereocenters. The average molecular weight is 359 g/mol.